The highest BCUT2D eigenvalue weighted by Crippen LogP contribution is 2.24. The van der Waals surface area contributed by atoms with Gasteiger partial charge in [0.25, 0.3) is 11.8 Å². The Bertz CT molecular complexity index is 863. The summed E-state index contributed by atoms with van der Waals surface area (Å²) in [5.74, 6) is 1.64. The summed E-state index contributed by atoms with van der Waals surface area (Å²) in [6.45, 7) is 2.42. The van der Waals surface area contributed by atoms with Crippen molar-refractivity contribution in [3.8, 4) is 11.5 Å². The molecule has 6 nitrogen and oxygen atoms in total. The fourth-order valence-electron chi connectivity index (χ4n) is 3.35. The van der Waals surface area contributed by atoms with Crippen molar-refractivity contribution in [2.45, 2.75) is 19.3 Å². The molecule has 3 heterocycles. The minimum atomic E-state index is 0.0838. The summed E-state index contributed by atoms with van der Waals surface area (Å²) in [6, 6.07) is 13.7. The van der Waals surface area contributed by atoms with Gasteiger partial charge in [0.1, 0.15) is 0 Å². The van der Waals surface area contributed by atoms with Crippen LogP contribution < -0.4 is 10.2 Å². The van der Waals surface area contributed by atoms with E-state index >= 15 is 0 Å². The minimum absolute atomic E-state index is 0.0838. The van der Waals surface area contributed by atoms with Gasteiger partial charge in [-0.1, -0.05) is 24.3 Å². The lowest BCUT2D eigenvalue weighted by atomic mass is 9.98. The summed E-state index contributed by atoms with van der Waals surface area (Å²) in [5, 5.41) is 9.22. The molecule has 140 valence electrons. The molecule has 2 aromatic heterocycles. The van der Waals surface area contributed by atoms with Gasteiger partial charge < -0.3 is 14.7 Å². The summed E-state index contributed by atoms with van der Waals surface area (Å²) in [6.07, 6.45) is 2.61. The highest BCUT2D eigenvalue weighted by molar-refractivity contribution is 7.10. The fraction of sp³-hybridized carbons (Fsp3) is 0.350. The molecule has 1 aromatic carbocycles. The highest BCUT2D eigenvalue weighted by atomic mass is 32.1. The van der Waals surface area contributed by atoms with Gasteiger partial charge in [0.15, 0.2) is 0 Å². The number of hydrogen-bond donors (Lipinski definition) is 1. The predicted octanol–water partition coefficient (Wildman–Crippen LogP) is 3.37. The van der Waals surface area contributed by atoms with Crippen LogP contribution in [0.4, 0.5) is 5.95 Å². The first kappa shape index (κ1) is 17.7. The molecule has 1 amide bonds. The molecule has 0 saturated carbocycles. The summed E-state index contributed by atoms with van der Waals surface area (Å²) in [7, 11) is 0. The van der Waals surface area contributed by atoms with Gasteiger partial charge in [0.2, 0.25) is 5.91 Å². The normalized spacial score (nSPS) is 17.0. The van der Waals surface area contributed by atoms with Crippen molar-refractivity contribution in [2.75, 3.05) is 24.5 Å². The van der Waals surface area contributed by atoms with E-state index in [4.69, 9.17) is 4.52 Å². The number of nitrogens with one attached hydrogen (secondary N) is 1. The van der Waals surface area contributed by atoms with E-state index in [1.807, 2.05) is 47.8 Å². The van der Waals surface area contributed by atoms with E-state index < -0.39 is 0 Å². The molecule has 1 aliphatic heterocycles. The molecule has 1 unspecified atom stereocenters. The van der Waals surface area contributed by atoms with Crippen molar-refractivity contribution in [3.63, 3.8) is 0 Å². The monoisotopic (exact) mass is 382 g/mol. The number of thiophene rings is 1. The van der Waals surface area contributed by atoms with Gasteiger partial charge in [-0.3, -0.25) is 4.79 Å². The van der Waals surface area contributed by atoms with E-state index in [9.17, 15) is 4.79 Å². The smallest absolute Gasteiger partial charge is 0.266 e. The van der Waals surface area contributed by atoms with Crippen LogP contribution in [0.5, 0.6) is 0 Å². The third-order valence-electron chi connectivity index (χ3n) is 4.74. The average molecular weight is 382 g/mol. The molecule has 0 bridgehead atoms. The van der Waals surface area contributed by atoms with E-state index in [1.54, 1.807) is 11.3 Å². The summed E-state index contributed by atoms with van der Waals surface area (Å²) < 4.78 is 5.42. The van der Waals surface area contributed by atoms with Crippen LogP contribution in [0.2, 0.25) is 0 Å². The zero-order valence-electron chi connectivity index (χ0n) is 15.0. The quantitative estimate of drug-likeness (QED) is 0.708. The fourth-order valence-corrected chi connectivity index (χ4v) is 4.05. The number of piperidine rings is 1. The third-order valence-corrected chi connectivity index (χ3v) is 5.62. The standard InChI is InChI=1S/C20H22N4O2S/c25-18(12-17-9-5-11-27-17)21-13-15-6-4-10-24(14-15)20-22-19(26-23-20)16-7-2-1-3-8-16/h1-3,5,7-9,11,15H,4,6,10,12-14H2,(H,21,25). The lowest BCUT2D eigenvalue weighted by Gasteiger charge is -2.31. The van der Waals surface area contributed by atoms with Gasteiger partial charge in [-0.15, -0.1) is 11.3 Å². The SMILES string of the molecule is O=C(Cc1cccs1)NCC1CCCN(c2noc(-c3ccccc3)n2)C1. The number of benzene rings is 1. The number of carbonyl (C=O) groups excluding carboxylic acids is 1. The van der Waals surface area contributed by atoms with Crippen molar-refractivity contribution in [2.24, 2.45) is 5.92 Å². The Balaban J connectivity index is 1.32. The molecule has 1 N–H and O–H groups in total. The predicted molar refractivity (Wildman–Crippen MR) is 106 cm³/mol. The van der Waals surface area contributed by atoms with Crippen LogP contribution in [0.1, 0.15) is 17.7 Å². The molecule has 27 heavy (non-hydrogen) atoms. The molecule has 3 aromatic rings. The first-order valence-corrected chi connectivity index (χ1v) is 10.1. The topological polar surface area (TPSA) is 71.3 Å². The van der Waals surface area contributed by atoms with Gasteiger partial charge in [-0.25, -0.2) is 0 Å². The lowest BCUT2D eigenvalue weighted by molar-refractivity contribution is -0.120. The number of hydrogen-bond acceptors (Lipinski definition) is 6. The second kappa shape index (κ2) is 8.35. The number of rotatable bonds is 6. The van der Waals surface area contributed by atoms with E-state index in [-0.39, 0.29) is 5.91 Å². The van der Waals surface area contributed by atoms with Crippen LogP contribution in [0, 0.1) is 5.92 Å². The number of amides is 1. The van der Waals surface area contributed by atoms with Crippen LogP contribution in [-0.4, -0.2) is 35.7 Å². The lowest BCUT2D eigenvalue weighted by Crippen LogP contribution is -2.41. The molecule has 0 radical (unpaired) electrons. The van der Waals surface area contributed by atoms with Crippen LogP contribution >= 0.6 is 11.3 Å². The minimum Gasteiger partial charge on any atom is -0.355 e. The number of nitrogens with zero attached hydrogens (tertiary/aromatic N) is 3. The molecule has 7 heteroatoms. The maximum atomic E-state index is 12.1. The van der Waals surface area contributed by atoms with Crippen LogP contribution in [0.3, 0.4) is 0 Å². The zero-order valence-corrected chi connectivity index (χ0v) is 15.8. The van der Waals surface area contributed by atoms with E-state index in [0.717, 1.165) is 36.4 Å². The third kappa shape index (κ3) is 4.54. The Morgan fingerprint density at radius 3 is 2.96 bits per heavy atom. The molecular weight excluding hydrogens is 360 g/mol. The Hall–Kier alpha value is -2.67. The number of carbonyl (C=O) groups is 1. The van der Waals surface area contributed by atoms with Crippen LogP contribution in [-0.2, 0) is 11.2 Å². The van der Waals surface area contributed by atoms with Crippen molar-refractivity contribution in [3.05, 3.63) is 52.7 Å². The highest BCUT2D eigenvalue weighted by Gasteiger charge is 2.24. The second-order valence-electron chi connectivity index (χ2n) is 6.78. The first-order valence-electron chi connectivity index (χ1n) is 9.21. The Kier molecular flexibility index (Phi) is 5.48. The van der Waals surface area contributed by atoms with E-state index in [2.05, 4.69) is 20.4 Å². The maximum Gasteiger partial charge on any atom is 0.266 e. The summed E-state index contributed by atoms with van der Waals surface area (Å²) in [5.41, 5.74) is 0.922. The Morgan fingerprint density at radius 1 is 1.26 bits per heavy atom. The Labute approximate surface area is 162 Å². The molecule has 1 atom stereocenters. The van der Waals surface area contributed by atoms with Crippen LogP contribution in [0.15, 0.2) is 52.4 Å². The molecule has 1 saturated heterocycles. The zero-order chi connectivity index (χ0) is 18.5. The number of anilines is 1. The average Bonchev–Trinajstić information content (AvgIpc) is 3.39. The molecular formula is C20H22N4O2S. The summed E-state index contributed by atoms with van der Waals surface area (Å²) >= 11 is 1.61. The van der Waals surface area contributed by atoms with Crippen molar-refractivity contribution in [1.82, 2.24) is 15.5 Å². The van der Waals surface area contributed by atoms with Crippen molar-refractivity contribution >= 4 is 23.2 Å². The van der Waals surface area contributed by atoms with Gasteiger partial charge in [0.05, 0.1) is 6.42 Å². The molecule has 0 aliphatic carbocycles. The van der Waals surface area contributed by atoms with Crippen LogP contribution in [0.25, 0.3) is 11.5 Å². The van der Waals surface area contributed by atoms with Gasteiger partial charge in [0, 0.05) is 30.1 Å². The summed E-state index contributed by atoms with van der Waals surface area (Å²) in [4.78, 5) is 19.9. The van der Waals surface area contributed by atoms with Crippen molar-refractivity contribution < 1.29 is 9.32 Å². The largest absolute Gasteiger partial charge is 0.355 e. The maximum absolute atomic E-state index is 12.1. The first-order chi connectivity index (χ1) is 13.3. The Morgan fingerprint density at radius 2 is 2.15 bits per heavy atom. The molecule has 1 fully saturated rings. The molecule has 0 spiro atoms. The molecule has 4 rings (SSSR count). The van der Waals surface area contributed by atoms with Crippen molar-refractivity contribution in [1.29, 1.82) is 0 Å². The number of aromatic nitrogens is 2. The van der Waals surface area contributed by atoms with E-state index in [0.29, 0.717) is 30.7 Å². The van der Waals surface area contributed by atoms with Gasteiger partial charge in [-0.05, 0) is 47.5 Å². The van der Waals surface area contributed by atoms with Gasteiger partial charge in [-0.2, -0.15) is 4.98 Å². The van der Waals surface area contributed by atoms with Gasteiger partial charge >= 0.3 is 0 Å². The van der Waals surface area contributed by atoms with E-state index in [1.165, 1.54) is 0 Å². The second-order valence-corrected chi connectivity index (χ2v) is 7.81. The molecule has 1 aliphatic rings.